The molecule has 4 rings (SSSR count). The first-order valence-electron chi connectivity index (χ1n) is 9.50. The molecule has 2 aromatic carbocycles. The first kappa shape index (κ1) is 21.7. The molecule has 0 spiro atoms. The molecule has 166 valence electrons. The number of H-pyrrole nitrogens is 1. The van der Waals surface area contributed by atoms with Gasteiger partial charge in [0.1, 0.15) is 23.1 Å². The number of aliphatic hydroxyl groups is 1. The van der Waals surface area contributed by atoms with Crippen LogP contribution in [0.3, 0.4) is 0 Å². The second-order valence-electron chi connectivity index (χ2n) is 6.90. The molecule has 0 saturated carbocycles. The fraction of sp³-hybridized carbons (Fsp3) is 0.190. The number of rotatable bonds is 7. The molecule has 0 amide bonds. The van der Waals surface area contributed by atoms with Crippen LogP contribution in [-0.4, -0.2) is 45.0 Å². The van der Waals surface area contributed by atoms with Crippen LogP contribution in [0.25, 0.3) is 22.3 Å². The SMILES string of the molecule is COc1ccc(-c2n[nH]c3nc(Oc4ccc(F)cc4F)nc(NC[C@H](C)O)c23)c(Cl)c1. The highest BCUT2D eigenvalue weighted by Gasteiger charge is 2.20. The molecule has 32 heavy (non-hydrogen) atoms. The zero-order valence-corrected chi connectivity index (χ0v) is 17.7. The average molecular weight is 462 g/mol. The van der Waals surface area contributed by atoms with Gasteiger partial charge in [-0.15, -0.1) is 0 Å². The fourth-order valence-corrected chi connectivity index (χ4v) is 3.25. The molecule has 0 aliphatic rings. The summed E-state index contributed by atoms with van der Waals surface area (Å²) in [6.45, 7) is 1.77. The quantitative estimate of drug-likeness (QED) is 0.371. The van der Waals surface area contributed by atoms with Crippen LogP contribution in [0.15, 0.2) is 36.4 Å². The van der Waals surface area contributed by atoms with Gasteiger partial charge in [0.15, 0.2) is 17.2 Å². The smallest absolute Gasteiger partial charge is 0.326 e. The molecule has 2 heterocycles. The highest BCUT2D eigenvalue weighted by molar-refractivity contribution is 6.33. The molecule has 3 N–H and O–H groups in total. The molecule has 0 unspecified atom stereocenters. The number of halogens is 3. The number of methoxy groups -OCH3 is 1. The number of ether oxygens (including phenoxy) is 2. The standard InChI is InChI=1S/C21H18ClF2N5O3/c1-10(30)9-25-19-17-18(13-5-4-12(31-2)8-14(13)22)28-29-20(17)27-21(26-19)32-16-6-3-11(23)7-15(16)24/h3-8,10,30H,9H2,1-2H3,(H2,25,26,27,28,29)/t10-/m0/s1. The van der Waals surface area contributed by atoms with Crippen LogP contribution in [0.2, 0.25) is 5.02 Å². The van der Waals surface area contributed by atoms with Crippen molar-refractivity contribution >= 4 is 28.5 Å². The van der Waals surface area contributed by atoms with Gasteiger partial charge in [-0.2, -0.15) is 15.1 Å². The van der Waals surface area contributed by atoms with Crippen LogP contribution in [0.1, 0.15) is 6.92 Å². The Morgan fingerprint density at radius 3 is 2.69 bits per heavy atom. The number of hydrogen-bond donors (Lipinski definition) is 3. The van der Waals surface area contributed by atoms with Crippen molar-refractivity contribution in [1.29, 1.82) is 0 Å². The number of nitrogens with one attached hydrogen (secondary N) is 2. The summed E-state index contributed by atoms with van der Waals surface area (Å²) in [5.74, 6) is -1.02. The first-order chi connectivity index (χ1) is 15.4. The number of nitrogens with zero attached hydrogens (tertiary/aromatic N) is 3. The van der Waals surface area contributed by atoms with E-state index >= 15 is 0 Å². The van der Waals surface area contributed by atoms with Crippen molar-refractivity contribution in [3.63, 3.8) is 0 Å². The lowest BCUT2D eigenvalue weighted by molar-refractivity contribution is 0.208. The Labute approximate surface area is 186 Å². The van der Waals surface area contributed by atoms with Crippen molar-refractivity contribution in [1.82, 2.24) is 20.2 Å². The van der Waals surface area contributed by atoms with E-state index in [1.807, 2.05) is 0 Å². The van der Waals surface area contributed by atoms with Crippen molar-refractivity contribution < 1.29 is 23.4 Å². The van der Waals surface area contributed by atoms with Gasteiger partial charge in [0, 0.05) is 18.2 Å². The zero-order chi connectivity index (χ0) is 22.8. The number of anilines is 1. The second kappa shape index (κ2) is 8.93. The van der Waals surface area contributed by atoms with Crippen LogP contribution >= 0.6 is 11.6 Å². The van der Waals surface area contributed by atoms with Crippen molar-refractivity contribution in [2.75, 3.05) is 19.0 Å². The van der Waals surface area contributed by atoms with Crippen molar-refractivity contribution in [3.8, 4) is 28.8 Å². The maximum atomic E-state index is 14.0. The molecule has 2 aromatic heterocycles. The van der Waals surface area contributed by atoms with Crippen LogP contribution in [0.4, 0.5) is 14.6 Å². The predicted molar refractivity (Wildman–Crippen MR) is 115 cm³/mol. The van der Waals surface area contributed by atoms with Gasteiger partial charge >= 0.3 is 6.01 Å². The number of aliphatic hydroxyl groups excluding tert-OH is 1. The summed E-state index contributed by atoms with van der Waals surface area (Å²) >= 11 is 6.42. The van der Waals surface area contributed by atoms with Gasteiger partial charge in [0.05, 0.1) is 23.6 Å². The number of hydrogen-bond acceptors (Lipinski definition) is 7. The first-order valence-corrected chi connectivity index (χ1v) is 9.88. The molecule has 0 aliphatic carbocycles. The topological polar surface area (TPSA) is 105 Å². The lowest BCUT2D eigenvalue weighted by Gasteiger charge is -2.12. The summed E-state index contributed by atoms with van der Waals surface area (Å²) < 4.78 is 37.8. The van der Waals surface area contributed by atoms with E-state index in [-0.39, 0.29) is 29.8 Å². The van der Waals surface area contributed by atoms with Gasteiger partial charge < -0.3 is 19.9 Å². The molecular weight excluding hydrogens is 444 g/mol. The molecule has 0 aliphatic heterocycles. The Bertz CT molecular complexity index is 1280. The van der Waals surface area contributed by atoms with E-state index in [9.17, 15) is 13.9 Å². The largest absolute Gasteiger partial charge is 0.497 e. The number of aromatic nitrogens is 4. The van der Waals surface area contributed by atoms with Gasteiger partial charge in [0.2, 0.25) is 0 Å². The van der Waals surface area contributed by atoms with Gasteiger partial charge in [-0.05, 0) is 37.3 Å². The van der Waals surface area contributed by atoms with Crippen LogP contribution in [0.5, 0.6) is 17.5 Å². The summed E-state index contributed by atoms with van der Waals surface area (Å²) in [7, 11) is 1.53. The Morgan fingerprint density at radius 2 is 2.00 bits per heavy atom. The molecule has 1 atom stereocenters. The summed E-state index contributed by atoms with van der Waals surface area (Å²) in [5.41, 5.74) is 1.34. The van der Waals surface area contributed by atoms with E-state index in [1.54, 1.807) is 25.1 Å². The summed E-state index contributed by atoms with van der Waals surface area (Å²) in [6, 6.07) is 7.82. The predicted octanol–water partition coefficient (Wildman–Crippen LogP) is 4.55. The average Bonchev–Trinajstić information content (AvgIpc) is 3.17. The Hall–Kier alpha value is -3.50. The third-order valence-corrected chi connectivity index (χ3v) is 4.80. The summed E-state index contributed by atoms with van der Waals surface area (Å²) in [5, 5.41) is 20.7. The van der Waals surface area contributed by atoms with Crippen molar-refractivity contribution in [2.45, 2.75) is 13.0 Å². The molecule has 8 nitrogen and oxygen atoms in total. The third kappa shape index (κ3) is 4.41. The Kier molecular flexibility index (Phi) is 6.06. The molecule has 0 fully saturated rings. The summed E-state index contributed by atoms with van der Waals surface area (Å²) in [4.78, 5) is 8.56. The van der Waals surface area contributed by atoms with E-state index in [0.717, 1.165) is 12.1 Å². The van der Waals surface area contributed by atoms with Gasteiger partial charge in [-0.25, -0.2) is 8.78 Å². The van der Waals surface area contributed by atoms with Gasteiger partial charge in [-0.3, -0.25) is 5.10 Å². The van der Waals surface area contributed by atoms with E-state index in [4.69, 9.17) is 21.1 Å². The molecule has 0 saturated heterocycles. The molecule has 0 bridgehead atoms. The van der Waals surface area contributed by atoms with Crippen LogP contribution in [-0.2, 0) is 0 Å². The van der Waals surface area contributed by atoms with E-state index in [0.29, 0.717) is 33.5 Å². The Morgan fingerprint density at radius 1 is 1.19 bits per heavy atom. The fourth-order valence-electron chi connectivity index (χ4n) is 2.99. The van der Waals surface area contributed by atoms with E-state index in [2.05, 4.69) is 25.5 Å². The van der Waals surface area contributed by atoms with E-state index < -0.39 is 17.7 Å². The maximum absolute atomic E-state index is 14.0. The van der Waals surface area contributed by atoms with Crippen molar-refractivity contribution in [2.24, 2.45) is 0 Å². The summed E-state index contributed by atoms with van der Waals surface area (Å²) in [6.07, 6.45) is -0.682. The van der Waals surface area contributed by atoms with Gasteiger partial charge in [0.25, 0.3) is 0 Å². The minimum atomic E-state index is -0.900. The highest BCUT2D eigenvalue weighted by atomic mass is 35.5. The molecule has 4 aromatic rings. The molecule has 11 heteroatoms. The van der Waals surface area contributed by atoms with Crippen molar-refractivity contribution in [3.05, 3.63) is 53.1 Å². The number of benzene rings is 2. The number of aromatic amines is 1. The normalized spacial score (nSPS) is 12.1. The van der Waals surface area contributed by atoms with E-state index in [1.165, 1.54) is 7.11 Å². The number of fused-ring (bicyclic) bond motifs is 1. The Balaban J connectivity index is 1.81. The minimum Gasteiger partial charge on any atom is -0.497 e. The minimum absolute atomic E-state index is 0.164. The highest BCUT2D eigenvalue weighted by Crippen LogP contribution is 2.37. The van der Waals surface area contributed by atoms with Crippen LogP contribution < -0.4 is 14.8 Å². The second-order valence-corrected chi connectivity index (χ2v) is 7.31. The monoisotopic (exact) mass is 461 g/mol. The molecule has 0 radical (unpaired) electrons. The maximum Gasteiger partial charge on any atom is 0.326 e. The zero-order valence-electron chi connectivity index (χ0n) is 17.0. The lowest BCUT2D eigenvalue weighted by atomic mass is 10.1. The third-order valence-electron chi connectivity index (χ3n) is 4.49. The lowest BCUT2D eigenvalue weighted by Crippen LogP contribution is -2.16. The van der Waals surface area contributed by atoms with Gasteiger partial charge in [-0.1, -0.05) is 11.6 Å². The van der Waals surface area contributed by atoms with Crippen LogP contribution in [0, 0.1) is 11.6 Å². The molecular formula is C21H18ClF2N5O3.